The summed E-state index contributed by atoms with van der Waals surface area (Å²) in [4.78, 5) is 10.9. The van der Waals surface area contributed by atoms with Crippen molar-refractivity contribution in [2.75, 3.05) is 7.11 Å². The summed E-state index contributed by atoms with van der Waals surface area (Å²) in [6.07, 6.45) is 0. The van der Waals surface area contributed by atoms with E-state index in [2.05, 4.69) is 10.3 Å². The van der Waals surface area contributed by atoms with E-state index in [0.717, 1.165) is 0 Å². The van der Waals surface area contributed by atoms with Gasteiger partial charge in [-0.2, -0.15) is 0 Å². The quantitative estimate of drug-likeness (QED) is 0.839. The molecule has 0 radical (unpaired) electrons. The van der Waals surface area contributed by atoms with Crippen molar-refractivity contribution < 1.29 is 14.6 Å². The molecule has 1 atom stereocenters. The van der Waals surface area contributed by atoms with E-state index in [0.29, 0.717) is 16.8 Å². The predicted octanol–water partition coefficient (Wildman–Crippen LogP) is 1.09. The van der Waals surface area contributed by atoms with Gasteiger partial charge in [-0.05, 0) is 19.1 Å². The fourth-order valence-corrected chi connectivity index (χ4v) is 1.43. The van der Waals surface area contributed by atoms with Gasteiger partial charge in [0.2, 0.25) is 0 Å². The van der Waals surface area contributed by atoms with Gasteiger partial charge in [0, 0.05) is 6.07 Å². The van der Waals surface area contributed by atoms with E-state index in [9.17, 15) is 4.79 Å². The van der Waals surface area contributed by atoms with Crippen LogP contribution in [0.5, 0.6) is 5.75 Å². The molecule has 0 saturated carbocycles. The molecule has 2 aromatic rings. The van der Waals surface area contributed by atoms with Gasteiger partial charge < -0.3 is 9.84 Å². The molecule has 0 amide bonds. The standard InChI is InChI=1S/C10H11N3O3/c1-6(10(14)15)13-9-5-7(16-2)3-4-8(9)11-12-13/h3-6H,1-2H3,(H,14,15). The minimum atomic E-state index is -0.949. The summed E-state index contributed by atoms with van der Waals surface area (Å²) in [7, 11) is 1.55. The Labute approximate surface area is 91.4 Å². The molecule has 1 N–H and O–H groups in total. The number of fused-ring (bicyclic) bond motifs is 1. The van der Waals surface area contributed by atoms with Crippen LogP contribution in [-0.4, -0.2) is 33.2 Å². The molecule has 0 spiro atoms. The highest BCUT2D eigenvalue weighted by atomic mass is 16.5. The Morgan fingerprint density at radius 3 is 2.94 bits per heavy atom. The zero-order chi connectivity index (χ0) is 11.7. The van der Waals surface area contributed by atoms with Gasteiger partial charge in [0.05, 0.1) is 12.6 Å². The molecule has 6 nitrogen and oxygen atoms in total. The number of carboxylic acids is 1. The monoisotopic (exact) mass is 221 g/mol. The third kappa shape index (κ3) is 1.58. The minimum Gasteiger partial charge on any atom is -0.497 e. The zero-order valence-corrected chi connectivity index (χ0v) is 8.91. The Balaban J connectivity index is 2.57. The molecule has 0 aliphatic carbocycles. The molecule has 0 bridgehead atoms. The Bertz CT molecular complexity index is 535. The number of carboxylic acid groups (broad SMARTS) is 1. The minimum absolute atomic E-state index is 0.647. The van der Waals surface area contributed by atoms with Crippen LogP contribution in [0.4, 0.5) is 0 Å². The molecule has 0 aliphatic heterocycles. The maximum absolute atomic E-state index is 10.9. The number of hydrogen-bond acceptors (Lipinski definition) is 4. The number of aromatic nitrogens is 3. The van der Waals surface area contributed by atoms with Gasteiger partial charge in [0.25, 0.3) is 0 Å². The van der Waals surface area contributed by atoms with Crippen molar-refractivity contribution in [3.63, 3.8) is 0 Å². The van der Waals surface area contributed by atoms with E-state index in [1.807, 2.05) is 0 Å². The normalized spacial score (nSPS) is 12.6. The summed E-state index contributed by atoms with van der Waals surface area (Å²) in [5, 5.41) is 16.6. The largest absolute Gasteiger partial charge is 0.497 e. The molecule has 6 heteroatoms. The topological polar surface area (TPSA) is 77.2 Å². The van der Waals surface area contributed by atoms with E-state index in [4.69, 9.17) is 9.84 Å². The van der Waals surface area contributed by atoms with Gasteiger partial charge in [0.15, 0.2) is 0 Å². The van der Waals surface area contributed by atoms with Gasteiger partial charge in [-0.1, -0.05) is 5.21 Å². The lowest BCUT2D eigenvalue weighted by molar-refractivity contribution is -0.140. The molecule has 1 aromatic carbocycles. The first-order valence-corrected chi connectivity index (χ1v) is 4.75. The average Bonchev–Trinajstić information content (AvgIpc) is 2.70. The van der Waals surface area contributed by atoms with Gasteiger partial charge in [-0.25, -0.2) is 9.48 Å². The Morgan fingerprint density at radius 2 is 2.31 bits per heavy atom. The third-order valence-corrected chi connectivity index (χ3v) is 2.40. The van der Waals surface area contributed by atoms with Crippen LogP contribution in [0, 0.1) is 0 Å². The molecule has 1 aromatic heterocycles. The maximum Gasteiger partial charge on any atom is 0.328 e. The van der Waals surface area contributed by atoms with Crippen LogP contribution >= 0.6 is 0 Å². The molecule has 16 heavy (non-hydrogen) atoms. The molecular weight excluding hydrogens is 210 g/mol. The molecule has 1 unspecified atom stereocenters. The number of aliphatic carboxylic acids is 1. The Hall–Kier alpha value is -2.11. The predicted molar refractivity (Wildman–Crippen MR) is 56.4 cm³/mol. The molecule has 2 rings (SSSR count). The van der Waals surface area contributed by atoms with Crippen molar-refractivity contribution in [1.29, 1.82) is 0 Å². The lowest BCUT2D eigenvalue weighted by Gasteiger charge is -2.07. The summed E-state index contributed by atoms with van der Waals surface area (Å²) in [5.74, 6) is -0.303. The Kier molecular flexibility index (Phi) is 2.47. The second-order valence-corrected chi connectivity index (χ2v) is 3.40. The van der Waals surface area contributed by atoms with Crippen molar-refractivity contribution >= 4 is 17.0 Å². The average molecular weight is 221 g/mol. The van der Waals surface area contributed by atoms with Crippen molar-refractivity contribution in [3.05, 3.63) is 18.2 Å². The molecule has 0 saturated heterocycles. The summed E-state index contributed by atoms with van der Waals surface area (Å²) in [6, 6.07) is 4.46. The molecule has 0 aliphatic rings. The zero-order valence-electron chi connectivity index (χ0n) is 8.91. The van der Waals surface area contributed by atoms with Crippen molar-refractivity contribution in [2.45, 2.75) is 13.0 Å². The van der Waals surface area contributed by atoms with Crippen molar-refractivity contribution in [1.82, 2.24) is 15.0 Å². The highest BCUT2D eigenvalue weighted by Crippen LogP contribution is 2.21. The van der Waals surface area contributed by atoms with Crippen LogP contribution in [0.25, 0.3) is 11.0 Å². The second kappa shape index (κ2) is 3.80. The number of ether oxygens (including phenoxy) is 1. The first-order chi connectivity index (χ1) is 7.63. The lowest BCUT2D eigenvalue weighted by atomic mass is 10.2. The fraction of sp³-hybridized carbons (Fsp3) is 0.300. The summed E-state index contributed by atoms with van der Waals surface area (Å²) >= 11 is 0. The van der Waals surface area contributed by atoms with Gasteiger partial charge in [-0.15, -0.1) is 5.10 Å². The number of benzene rings is 1. The number of nitrogens with zero attached hydrogens (tertiary/aromatic N) is 3. The van der Waals surface area contributed by atoms with E-state index in [-0.39, 0.29) is 0 Å². The molecule has 1 heterocycles. The SMILES string of the molecule is COc1ccc2nnn(C(C)C(=O)O)c2c1. The van der Waals surface area contributed by atoms with E-state index >= 15 is 0 Å². The van der Waals surface area contributed by atoms with Crippen LogP contribution in [0.1, 0.15) is 13.0 Å². The molecule has 84 valence electrons. The second-order valence-electron chi connectivity index (χ2n) is 3.40. The number of hydrogen-bond donors (Lipinski definition) is 1. The number of methoxy groups -OCH3 is 1. The smallest absolute Gasteiger partial charge is 0.328 e. The van der Waals surface area contributed by atoms with Crippen LogP contribution in [0.2, 0.25) is 0 Å². The maximum atomic E-state index is 10.9. The molecular formula is C10H11N3O3. The van der Waals surface area contributed by atoms with Crippen molar-refractivity contribution in [3.8, 4) is 5.75 Å². The van der Waals surface area contributed by atoms with Crippen LogP contribution in [0.15, 0.2) is 18.2 Å². The summed E-state index contributed by atoms with van der Waals surface area (Å²) in [5.41, 5.74) is 1.29. The first-order valence-electron chi connectivity index (χ1n) is 4.75. The van der Waals surface area contributed by atoms with Gasteiger partial charge in [-0.3, -0.25) is 0 Å². The van der Waals surface area contributed by atoms with Crippen LogP contribution < -0.4 is 4.74 Å². The first kappa shape index (κ1) is 10.4. The number of carbonyl (C=O) groups is 1. The molecule has 0 fully saturated rings. The van der Waals surface area contributed by atoms with Crippen molar-refractivity contribution in [2.24, 2.45) is 0 Å². The summed E-state index contributed by atoms with van der Waals surface area (Å²) < 4.78 is 6.43. The summed E-state index contributed by atoms with van der Waals surface area (Å²) in [6.45, 7) is 1.55. The fourth-order valence-electron chi connectivity index (χ4n) is 1.43. The highest BCUT2D eigenvalue weighted by molar-refractivity contribution is 5.79. The number of rotatable bonds is 3. The van der Waals surface area contributed by atoms with E-state index < -0.39 is 12.0 Å². The third-order valence-electron chi connectivity index (χ3n) is 2.40. The van der Waals surface area contributed by atoms with Gasteiger partial charge in [0.1, 0.15) is 17.3 Å². The van der Waals surface area contributed by atoms with E-state index in [1.165, 1.54) is 4.68 Å². The van der Waals surface area contributed by atoms with Crippen LogP contribution in [-0.2, 0) is 4.79 Å². The lowest BCUT2D eigenvalue weighted by Crippen LogP contribution is -2.16. The Morgan fingerprint density at radius 1 is 1.56 bits per heavy atom. The van der Waals surface area contributed by atoms with Crippen LogP contribution in [0.3, 0.4) is 0 Å². The van der Waals surface area contributed by atoms with Gasteiger partial charge >= 0.3 is 5.97 Å². The highest BCUT2D eigenvalue weighted by Gasteiger charge is 2.17. The van der Waals surface area contributed by atoms with E-state index in [1.54, 1.807) is 32.2 Å².